The third-order valence-electron chi connectivity index (χ3n) is 6.16. The lowest BCUT2D eigenvalue weighted by molar-refractivity contribution is -0.158. The largest absolute Gasteiger partial charge is 0.507 e. The van der Waals surface area contributed by atoms with Crippen molar-refractivity contribution in [1.82, 2.24) is 9.91 Å². The summed E-state index contributed by atoms with van der Waals surface area (Å²) in [5.41, 5.74) is 1.97. The number of hydrogen-bond acceptors (Lipinski definition) is 5. The molecule has 1 spiro atoms. The molecule has 29 heavy (non-hydrogen) atoms. The van der Waals surface area contributed by atoms with E-state index >= 15 is 0 Å². The molecule has 1 fully saturated rings. The molecule has 3 heterocycles. The van der Waals surface area contributed by atoms with Crippen LogP contribution in [0.1, 0.15) is 43.4 Å². The van der Waals surface area contributed by atoms with E-state index in [9.17, 15) is 9.90 Å². The van der Waals surface area contributed by atoms with E-state index in [0.29, 0.717) is 37.4 Å². The molecule has 6 nitrogen and oxygen atoms in total. The van der Waals surface area contributed by atoms with Gasteiger partial charge in [-0.05, 0) is 30.3 Å². The predicted molar refractivity (Wildman–Crippen MR) is 110 cm³/mol. The van der Waals surface area contributed by atoms with Crippen LogP contribution < -0.4 is 4.74 Å². The number of fused-ring (bicyclic) bond motifs is 4. The molecule has 1 N–H and O–H groups in total. The van der Waals surface area contributed by atoms with E-state index in [1.165, 1.54) is 0 Å². The molecule has 0 aliphatic carbocycles. The smallest absolute Gasteiger partial charge is 0.219 e. The monoisotopic (exact) mass is 411 g/mol. The highest BCUT2D eigenvalue weighted by atomic mass is 35.5. The molecule has 0 unspecified atom stereocenters. The number of benzene rings is 2. The number of carbonyl (C=O) groups excluding carboxylic acids is 1. The Morgan fingerprint density at radius 1 is 1.24 bits per heavy atom. The molecule has 2 aromatic carbocycles. The van der Waals surface area contributed by atoms with Crippen LogP contribution in [0.2, 0.25) is 5.02 Å². The maximum atomic E-state index is 11.8. The van der Waals surface area contributed by atoms with Crippen LogP contribution in [0.3, 0.4) is 0 Å². The van der Waals surface area contributed by atoms with Gasteiger partial charge in [-0.2, -0.15) is 5.10 Å². The number of aromatic hydroxyl groups is 1. The SMILES string of the molecule is CC(=O)N1CCC2(CC1)Oc1ccc(Cl)cc1[C@H]1CC(c3ccccc3O)=NN12. The van der Waals surface area contributed by atoms with Crippen molar-refractivity contribution in [3.05, 3.63) is 58.6 Å². The molecule has 1 saturated heterocycles. The van der Waals surface area contributed by atoms with Gasteiger partial charge in [-0.1, -0.05) is 23.7 Å². The highest BCUT2D eigenvalue weighted by Gasteiger charge is 2.52. The summed E-state index contributed by atoms with van der Waals surface area (Å²) in [6, 6.07) is 13.0. The summed E-state index contributed by atoms with van der Waals surface area (Å²) in [4.78, 5) is 13.7. The minimum Gasteiger partial charge on any atom is -0.507 e. The van der Waals surface area contributed by atoms with Gasteiger partial charge in [-0.25, -0.2) is 5.01 Å². The second kappa shape index (κ2) is 6.66. The van der Waals surface area contributed by atoms with Crippen LogP contribution in [0.5, 0.6) is 11.5 Å². The molecule has 7 heteroatoms. The van der Waals surface area contributed by atoms with Gasteiger partial charge >= 0.3 is 0 Å². The maximum absolute atomic E-state index is 11.8. The van der Waals surface area contributed by atoms with E-state index in [2.05, 4.69) is 0 Å². The van der Waals surface area contributed by atoms with Crippen molar-refractivity contribution in [2.24, 2.45) is 5.10 Å². The van der Waals surface area contributed by atoms with Crippen molar-refractivity contribution >= 4 is 23.2 Å². The minimum absolute atomic E-state index is 0.0177. The fourth-order valence-electron chi connectivity index (χ4n) is 4.63. The maximum Gasteiger partial charge on any atom is 0.219 e. The van der Waals surface area contributed by atoms with Gasteiger partial charge < -0.3 is 14.7 Å². The Morgan fingerprint density at radius 3 is 2.72 bits per heavy atom. The van der Waals surface area contributed by atoms with Crippen LogP contribution in [0.25, 0.3) is 0 Å². The molecule has 0 radical (unpaired) electrons. The third-order valence-corrected chi connectivity index (χ3v) is 6.40. The number of phenols is 1. The fraction of sp³-hybridized carbons (Fsp3) is 0.364. The normalized spacial score (nSPS) is 22.0. The molecule has 0 bridgehead atoms. The summed E-state index contributed by atoms with van der Waals surface area (Å²) in [6.45, 7) is 2.86. The molecular formula is C22H22ClN3O3. The van der Waals surface area contributed by atoms with Gasteiger partial charge in [-0.3, -0.25) is 4.79 Å². The van der Waals surface area contributed by atoms with Gasteiger partial charge in [0.1, 0.15) is 11.5 Å². The van der Waals surface area contributed by atoms with Gasteiger partial charge in [-0.15, -0.1) is 0 Å². The lowest BCUT2D eigenvalue weighted by atomic mass is 9.90. The Balaban J connectivity index is 1.57. The Hall–Kier alpha value is -2.73. The summed E-state index contributed by atoms with van der Waals surface area (Å²) in [6.07, 6.45) is 2.00. The van der Waals surface area contributed by atoms with E-state index < -0.39 is 5.72 Å². The molecule has 3 aliphatic rings. The zero-order chi connectivity index (χ0) is 20.2. The van der Waals surface area contributed by atoms with E-state index in [-0.39, 0.29) is 17.7 Å². The van der Waals surface area contributed by atoms with Crippen LogP contribution in [0.15, 0.2) is 47.6 Å². The lowest BCUT2D eigenvalue weighted by Crippen LogP contribution is -2.59. The summed E-state index contributed by atoms with van der Waals surface area (Å²) >= 11 is 6.28. The van der Waals surface area contributed by atoms with Crippen molar-refractivity contribution < 1.29 is 14.6 Å². The Kier molecular flexibility index (Phi) is 4.21. The highest BCUT2D eigenvalue weighted by molar-refractivity contribution is 6.30. The van der Waals surface area contributed by atoms with Crippen molar-refractivity contribution in [1.29, 1.82) is 0 Å². The standard InChI is InChI=1S/C22H22ClN3O3/c1-14(27)25-10-8-22(9-11-25)26-19(17-12-15(23)6-7-21(17)29-22)13-18(24-26)16-4-2-3-5-20(16)28/h2-7,12,19,28H,8-11,13H2,1H3/t19-/m1/s1. The average molecular weight is 412 g/mol. The van der Waals surface area contributed by atoms with Gasteiger partial charge in [0.25, 0.3) is 0 Å². The van der Waals surface area contributed by atoms with E-state index in [4.69, 9.17) is 21.4 Å². The van der Waals surface area contributed by atoms with Crippen LogP contribution in [0, 0.1) is 0 Å². The highest BCUT2D eigenvalue weighted by Crippen LogP contribution is 2.50. The summed E-state index contributed by atoms with van der Waals surface area (Å²) in [5, 5.41) is 18.0. The van der Waals surface area contributed by atoms with Crippen molar-refractivity contribution in [3.63, 3.8) is 0 Å². The van der Waals surface area contributed by atoms with Gasteiger partial charge in [0.15, 0.2) is 0 Å². The Morgan fingerprint density at radius 2 is 2.00 bits per heavy atom. The number of para-hydroxylation sites is 1. The summed E-state index contributed by atoms with van der Waals surface area (Å²) in [5.74, 6) is 1.12. The van der Waals surface area contributed by atoms with Gasteiger partial charge in [0, 0.05) is 55.4 Å². The number of piperidine rings is 1. The lowest BCUT2D eigenvalue weighted by Gasteiger charge is -2.51. The zero-order valence-electron chi connectivity index (χ0n) is 16.1. The van der Waals surface area contributed by atoms with Crippen LogP contribution in [-0.4, -0.2) is 45.4 Å². The van der Waals surface area contributed by atoms with Crippen LogP contribution >= 0.6 is 11.6 Å². The van der Waals surface area contributed by atoms with Crippen LogP contribution in [0.4, 0.5) is 0 Å². The number of amides is 1. The average Bonchev–Trinajstić information content (AvgIpc) is 3.16. The quantitative estimate of drug-likeness (QED) is 0.772. The number of nitrogens with zero attached hydrogens (tertiary/aromatic N) is 3. The number of carbonyl (C=O) groups is 1. The van der Waals surface area contributed by atoms with Gasteiger partial charge in [0.05, 0.1) is 11.8 Å². The summed E-state index contributed by atoms with van der Waals surface area (Å²) < 4.78 is 6.53. The van der Waals surface area contributed by atoms with Crippen molar-refractivity contribution in [2.75, 3.05) is 13.1 Å². The first-order valence-electron chi connectivity index (χ1n) is 9.86. The van der Waals surface area contributed by atoms with Crippen molar-refractivity contribution in [3.8, 4) is 11.5 Å². The summed E-state index contributed by atoms with van der Waals surface area (Å²) in [7, 11) is 0. The first kappa shape index (κ1) is 18.3. The molecule has 5 rings (SSSR count). The predicted octanol–water partition coefficient (Wildman–Crippen LogP) is 3.93. The number of phenolic OH excluding ortho intramolecular Hbond substituents is 1. The molecule has 3 aliphatic heterocycles. The Labute approximate surface area is 174 Å². The number of ether oxygens (including phenoxy) is 1. The third kappa shape index (κ3) is 2.94. The second-order valence-corrected chi connectivity index (χ2v) is 8.30. The Bertz CT molecular complexity index is 1010. The zero-order valence-corrected chi connectivity index (χ0v) is 16.9. The van der Waals surface area contributed by atoms with E-state index in [1.807, 2.05) is 40.2 Å². The minimum atomic E-state index is -0.608. The van der Waals surface area contributed by atoms with E-state index in [0.717, 1.165) is 22.6 Å². The van der Waals surface area contributed by atoms with Crippen molar-refractivity contribution in [2.45, 2.75) is 38.0 Å². The number of rotatable bonds is 1. The van der Waals surface area contributed by atoms with Crippen LogP contribution in [-0.2, 0) is 4.79 Å². The van der Waals surface area contributed by atoms with E-state index in [1.54, 1.807) is 19.1 Å². The number of halogens is 1. The molecule has 1 atom stereocenters. The first-order valence-corrected chi connectivity index (χ1v) is 10.2. The second-order valence-electron chi connectivity index (χ2n) is 7.86. The fourth-order valence-corrected chi connectivity index (χ4v) is 4.82. The molecule has 1 amide bonds. The number of likely N-dealkylation sites (tertiary alicyclic amines) is 1. The number of hydrogen-bond donors (Lipinski definition) is 1. The molecule has 2 aromatic rings. The molecular weight excluding hydrogens is 390 g/mol. The number of hydrazone groups is 1. The molecule has 0 saturated carbocycles. The molecule has 0 aromatic heterocycles. The topological polar surface area (TPSA) is 65.4 Å². The molecule has 150 valence electrons. The first-order chi connectivity index (χ1) is 14.0. The van der Waals surface area contributed by atoms with Gasteiger partial charge in [0.2, 0.25) is 11.6 Å².